The van der Waals surface area contributed by atoms with Crippen LogP contribution in [0.4, 0.5) is 11.4 Å². The van der Waals surface area contributed by atoms with Crippen molar-refractivity contribution in [2.24, 2.45) is 0 Å². The van der Waals surface area contributed by atoms with Gasteiger partial charge in [-0.3, -0.25) is 9.10 Å². The molecule has 156 valence electrons. The van der Waals surface area contributed by atoms with Crippen molar-refractivity contribution in [3.05, 3.63) is 60.7 Å². The monoisotopic (exact) mass is 426 g/mol. The molecule has 0 bridgehead atoms. The summed E-state index contributed by atoms with van der Waals surface area (Å²) >= 11 is 0. The summed E-state index contributed by atoms with van der Waals surface area (Å²) in [5.41, 5.74) is 1.20. The van der Waals surface area contributed by atoms with E-state index in [1.807, 2.05) is 42.5 Å². The van der Waals surface area contributed by atoms with E-state index in [1.54, 1.807) is 18.2 Å². The number of ether oxygens (including phenoxy) is 2. The van der Waals surface area contributed by atoms with E-state index < -0.39 is 10.0 Å². The molecule has 0 radical (unpaired) electrons. The van der Waals surface area contributed by atoms with Crippen LogP contribution in [-0.4, -0.2) is 33.9 Å². The number of sulfonamides is 1. The third-order valence-electron chi connectivity index (χ3n) is 4.84. The molecule has 1 heterocycles. The molecule has 1 amide bonds. The van der Waals surface area contributed by atoms with E-state index in [2.05, 4.69) is 5.32 Å². The van der Waals surface area contributed by atoms with Gasteiger partial charge in [0.1, 0.15) is 0 Å². The summed E-state index contributed by atoms with van der Waals surface area (Å²) in [5.74, 6) is 0.932. The number of fused-ring (bicyclic) bond motifs is 2. The smallest absolute Gasteiger partial charge is 0.232 e. The van der Waals surface area contributed by atoms with E-state index in [4.69, 9.17) is 9.47 Å². The quantitative estimate of drug-likeness (QED) is 0.622. The normalized spacial score (nSPS) is 12.7. The van der Waals surface area contributed by atoms with Gasteiger partial charge in [0.05, 0.1) is 11.9 Å². The zero-order valence-corrected chi connectivity index (χ0v) is 17.3. The lowest BCUT2D eigenvalue weighted by molar-refractivity contribution is -0.116. The molecule has 0 saturated carbocycles. The first kappa shape index (κ1) is 20.0. The van der Waals surface area contributed by atoms with Crippen LogP contribution in [0.2, 0.25) is 0 Å². The van der Waals surface area contributed by atoms with Gasteiger partial charge in [-0.2, -0.15) is 0 Å². The molecular formula is C22H22N2O5S. The van der Waals surface area contributed by atoms with Crippen LogP contribution in [0, 0.1) is 0 Å². The highest BCUT2D eigenvalue weighted by molar-refractivity contribution is 7.92. The highest BCUT2D eigenvalue weighted by Gasteiger charge is 2.21. The van der Waals surface area contributed by atoms with Gasteiger partial charge >= 0.3 is 0 Å². The third kappa shape index (κ3) is 4.49. The maximum atomic E-state index is 12.4. The second-order valence-corrected chi connectivity index (χ2v) is 8.99. The van der Waals surface area contributed by atoms with E-state index in [1.165, 1.54) is 4.31 Å². The fourth-order valence-corrected chi connectivity index (χ4v) is 4.36. The molecule has 1 aliphatic rings. The first-order valence-electron chi connectivity index (χ1n) is 9.56. The Labute approximate surface area is 175 Å². The standard InChI is InChI=1S/C22H22N2O5S/c1-30(26,27)24(19-10-11-20-21(14-19)29-15-28-20)12-4-7-22(25)23-18-9-8-16-5-2-3-6-17(16)13-18/h2-3,5-6,8-11,13-14H,4,7,12,15H2,1H3,(H,23,25). The number of anilines is 2. The Morgan fingerprint density at radius 2 is 1.77 bits per heavy atom. The van der Waals surface area contributed by atoms with Crippen LogP contribution < -0.4 is 19.1 Å². The summed E-state index contributed by atoms with van der Waals surface area (Å²) in [7, 11) is -3.51. The Morgan fingerprint density at radius 1 is 1.00 bits per heavy atom. The Hall–Kier alpha value is -3.26. The van der Waals surface area contributed by atoms with E-state index in [0.29, 0.717) is 23.6 Å². The summed E-state index contributed by atoms with van der Waals surface area (Å²) in [6, 6.07) is 18.6. The van der Waals surface area contributed by atoms with Crippen molar-refractivity contribution in [2.45, 2.75) is 12.8 Å². The van der Waals surface area contributed by atoms with Crippen molar-refractivity contribution in [1.29, 1.82) is 0 Å². The SMILES string of the molecule is CS(=O)(=O)N(CCCC(=O)Nc1ccc2ccccc2c1)c1ccc2c(c1)OCO2. The molecule has 0 spiro atoms. The zero-order chi connectivity index (χ0) is 21.1. The molecule has 7 nitrogen and oxygen atoms in total. The van der Waals surface area contributed by atoms with E-state index in [-0.39, 0.29) is 25.7 Å². The number of nitrogens with zero attached hydrogens (tertiary/aromatic N) is 1. The van der Waals surface area contributed by atoms with Crippen molar-refractivity contribution >= 4 is 38.1 Å². The van der Waals surface area contributed by atoms with Crippen LogP contribution in [0.3, 0.4) is 0 Å². The molecule has 1 aliphatic heterocycles. The topological polar surface area (TPSA) is 84.9 Å². The van der Waals surface area contributed by atoms with E-state index in [9.17, 15) is 13.2 Å². The Kier molecular flexibility index (Phi) is 5.50. The Balaban J connectivity index is 1.38. The van der Waals surface area contributed by atoms with Gasteiger partial charge < -0.3 is 14.8 Å². The molecule has 0 unspecified atom stereocenters. The molecule has 0 atom stereocenters. The van der Waals surface area contributed by atoms with Crippen LogP contribution >= 0.6 is 0 Å². The number of nitrogens with one attached hydrogen (secondary N) is 1. The summed E-state index contributed by atoms with van der Waals surface area (Å²) in [6.07, 6.45) is 1.72. The molecule has 0 fully saturated rings. The highest BCUT2D eigenvalue weighted by Crippen LogP contribution is 2.36. The average Bonchev–Trinajstić information content (AvgIpc) is 3.18. The van der Waals surface area contributed by atoms with Crippen molar-refractivity contribution in [3.8, 4) is 11.5 Å². The third-order valence-corrected chi connectivity index (χ3v) is 6.04. The van der Waals surface area contributed by atoms with Crippen molar-refractivity contribution < 1.29 is 22.7 Å². The van der Waals surface area contributed by atoms with Gasteiger partial charge in [0.2, 0.25) is 22.7 Å². The maximum absolute atomic E-state index is 12.4. The second-order valence-electron chi connectivity index (χ2n) is 7.09. The van der Waals surface area contributed by atoms with Crippen molar-refractivity contribution in [2.75, 3.05) is 29.2 Å². The lowest BCUT2D eigenvalue weighted by Gasteiger charge is -2.22. The number of hydrogen-bond acceptors (Lipinski definition) is 5. The molecule has 30 heavy (non-hydrogen) atoms. The van der Waals surface area contributed by atoms with Gasteiger partial charge in [-0.05, 0) is 41.5 Å². The molecule has 1 N–H and O–H groups in total. The fraction of sp³-hybridized carbons (Fsp3) is 0.227. The van der Waals surface area contributed by atoms with Crippen LogP contribution in [0.15, 0.2) is 60.7 Å². The molecule has 8 heteroatoms. The molecule has 0 aromatic heterocycles. The highest BCUT2D eigenvalue weighted by atomic mass is 32.2. The van der Waals surface area contributed by atoms with Gasteiger partial charge in [0.15, 0.2) is 11.5 Å². The van der Waals surface area contributed by atoms with Crippen molar-refractivity contribution in [3.63, 3.8) is 0 Å². The number of hydrogen-bond donors (Lipinski definition) is 1. The minimum atomic E-state index is -3.51. The molecule has 4 rings (SSSR count). The summed E-state index contributed by atoms with van der Waals surface area (Å²) in [4.78, 5) is 12.4. The minimum absolute atomic E-state index is 0.118. The molecule has 0 aliphatic carbocycles. The van der Waals surface area contributed by atoms with Gasteiger partial charge in [0.25, 0.3) is 0 Å². The van der Waals surface area contributed by atoms with Crippen molar-refractivity contribution in [1.82, 2.24) is 0 Å². The van der Waals surface area contributed by atoms with Gasteiger partial charge in [0, 0.05) is 24.7 Å². The summed E-state index contributed by atoms with van der Waals surface area (Å²) < 4.78 is 36.4. The van der Waals surface area contributed by atoms with E-state index >= 15 is 0 Å². The lowest BCUT2D eigenvalue weighted by atomic mass is 10.1. The predicted octanol–water partition coefficient (Wildman–Crippen LogP) is 3.75. The largest absolute Gasteiger partial charge is 0.454 e. The number of carbonyl (C=O) groups excluding carboxylic acids is 1. The summed E-state index contributed by atoms with van der Waals surface area (Å²) in [6.45, 7) is 0.302. The zero-order valence-electron chi connectivity index (χ0n) is 16.5. The van der Waals surface area contributed by atoms with Crippen LogP contribution in [0.25, 0.3) is 10.8 Å². The summed E-state index contributed by atoms with van der Waals surface area (Å²) in [5, 5.41) is 5.02. The molecule has 3 aromatic carbocycles. The number of rotatable bonds is 7. The van der Waals surface area contributed by atoms with Crippen LogP contribution in [0.5, 0.6) is 11.5 Å². The van der Waals surface area contributed by atoms with E-state index in [0.717, 1.165) is 22.7 Å². The number of benzene rings is 3. The lowest BCUT2D eigenvalue weighted by Crippen LogP contribution is -2.31. The number of amides is 1. The van der Waals surface area contributed by atoms with Gasteiger partial charge in [-0.15, -0.1) is 0 Å². The van der Waals surface area contributed by atoms with Crippen LogP contribution in [-0.2, 0) is 14.8 Å². The molecular weight excluding hydrogens is 404 g/mol. The second kappa shape index (κ2) is 8.23. The first-order valence-corrected chi connectivity index (χ1v) is 11.4. The molecule has 3 aromatic rings. The first-order chi connectivity index (χ1) is 14.4. The maximum Gasteiger partial charge on any atom is 0.232 e. The minimum Gasteiger partial charge on any atom is -0.454 e. The average molecular weight is 426 g/mol. The molecule has 0 saturated heterocycles. The Bertz CT molecular complexity index is 1190. The van der Waals surface area contributed by atoms with Crippen LogP contribution in [0.1, 0.15) is 12.8 Å². The predicted molar refractivity (Wildman–Crippen MR) is 117 cm³/mol. The Morgan fingerprint density at radius 3 is 2.57 bits per heavy atom. The van der Waals surface area contributed by atoms with Gasteiger partial charge in [-0.1, -0.05) is 30.3 Å². The number of carbonyl (C=O) groups is 1. The fourth-order valence-electron chi connectivity index (χ4n) is 3.40. The van der Waals surface area contributed by atoms with Gasteiger partial charge in [-0.25, -0.2) is 8.42 Å².